The first-order chi connectivity index (χ1) is 8.09. The Kier molecular flexibility index (Phi) is 3.40. The van der Waals surface area contributed by atoms with E-state index in [1.165, 1.54) is 0 Å². The molecule has 1 atom stereocenters. The van der Waals surface area contributed by atoms with E-state index >= 15 is 0 Å². The van der Waals surface area contributed by atoms with Gasteiger partial charge in [0.25, 0.3) is 0 Å². The number of halogens is 1. The van der Waals surface area contributed by atoms with Crippen LogP contribution in [0.15, 0.2) is 24.3 Å². The van der Waals surface area contributed by atoms with E-state index in [0.29, 0.717) is 11.6 Å². The molecule has 1 saturated carbocycles. The van der Waals surface area contributed by atoms with Gasteiger partial charge in [-0.1, -0.05) is 29.8 Å². The molecule has 1 unspecified atom stereocenters. The molecule has 1 aromatic carbocycles. The predicted octanol–water partition coefficient (Wildman–Crippen LogP) is 2.26. The van der Waals surface area contributed by atoms with Gasteiger partial charge in [-0.05, 0) is 31.4 Å². The van der Waals surface area contributed by atoms with Crippen molar-refractivity contribution in [3.05, 3.63) is 34.9 Å². The second-order valence-electron chi connectivity index (χ2n) is 4.70. The smallest absolute Gasteiger partial charge is 0.227 e. The number of carbonyl (C=O) groups excluding carboxylic acids is 1. The number of carbonyl (C=O) groups is 1. The molecule has 0 heterocycles. The van der Waals surface area contributed by atoms with Crippen LogP contribution in [0.25, 0.3) is 0 Å². The number of amides is 1. The van der Waals surface area contributed by atoms with Crippen molar-refractivity contribution >= 4 is 17.5 Å². The van der Waals surface area contributed by atoms with Crippen LogP contribution in [0.4, 0.5) is 0 Å². The van der Waals surface area contributed by atoms with Crippen LogP contribution < -0.4 is 11.1 Å². The standard InChI is InChI=1S/C13H17ClN2O/c1-9(10-4-2-3-5-11(10)14)16-12(17)13(8-15)6-7-13/h2-5,9H,6-8,15H2,1H3,(H,16,17). The minimum Gasteiger partial charge on any atom is -0.349 e. The van der Waals surface area contributed by atoms with E-state index in [4.69, 9.17) is 17.3 Å². The number of hydrogen-bond acceptors (Lipinski definition) is 2. The second-order valence-corrected chi connectivity index (χ2v) is 5.11. The maximum absolute atomic E-state index is 12.0. The monoisotopic (exact) mass is 252 g/mol. The quantitative estimate of drug-likeness (QED) is 0.864. The number of nitrogens with two attached hydrogens (primary N) is 1. The Bertz CT molecular complexity index is 429. The third kappa shape index (κ3) is 2.45. The summed E-state index contributed by atoms with van der Waals surface area (Å²) in [5, 5.41) is 3.67. The molecule has 17 heavy (non-hydrogen) atoms. The maximum Gasteiger partial charge on any atom is 0.227 e. The summed E-state index contributed by atoms with van der Waals surface area (Å²) in [6.07, 6.45) is 1.79. The summed E-state index contributed by atoms with van der Waals surface area (Å²) in [5.41, 5.74) is 6.26. The van der Waals surface area contributed by atoms with Gasteiger partial charge in [0.05, 0.1) is 11.5 Å². The van der Waals surface area contributed by atoms with Crippen molar-refractivity contribution in [2.45, 2.75) is 25.8 Å². The lowest BCUT2D eigenvalue weighted by atomic mass is 10.0. The molecule has 4 heteroatoms. The highest BCUT2D eigenvalue weighted by Gasteiger charge is 2.48. The number of rotatable bonds is 4. The lowest BCUT2D eigenvalue weighted by Gasteiger charge is -2.19. The van der Waals surface area contributed by atoms with Crippen LogP contribution in [0.5, 0.6) is 0 Å². The molecule has 0 aliphatic heterocycles. The third-order valence-electron chi connectivity index (χ3n) is 3.45. The number of nitrogens with one attached hydrogen (secondary N) is 1. The van der Waals surface area contributed by atoms with Crippen LogP contribution in [-0.4, -0.2) is 12.5 Å². The van der Waals surface area contributed by atoms with Gasteiger partial charge in [-0.3, -0.25) is 4.79 Å². The van der Waals surface area contributed by atoms with Gasteiger partial charge in [0.1, 0.15) is 0 Å². The average Bonchev–Trinajstić information content (AvgIpc) is 3.10. The summed E-state index contributed by atoms with van der Waals surface area (Å²) in [5.74, 6) is 0.0485. The van der Waals surface area contributed by atoms with Gasteiger partial charge in [0.2, 0.25) is 5.91 Å². The number of benzene rings is 1. The molecule has 1 aromatic rings. The van der Waals surface area contributed by atoms with Crippen LogP contribution >= 0.6 is 11.6 Å². The fourth-order valence-corrected chi connectivity index (χ4v) is 2.23. The Morgan fingerprint density at radius 3 is 2.71 bits per heavy atom. The number of hydrogen-bond donors (Lipinski definition) is 2. The zero-order valence-electron chi connectivity index (χ0n) is 9.87. The fraction of sp³-hybridized carbons (Fsp3) is 0.462. The highest BCUT2D eigenvalue weighted by atomic mass is 35.5. The molecular formula is C13H17ClN2O. The van der Waals surface area contributed by atoms with E-state index in [0.717, 1.165) is 18.4 Å². The fourth-order valence-electron chi connectivity index (χ4n) is 1.93. The first-order valence-corrected chi connectivity index (χ1v) is 6.22. The second kappa shape index (κ2) is 4.67. The van der Waals surface area contributed by atoms with Gasteiger partial charge < -0.3 is 11.1 Å². The summed E-state index contributed by atoms with van der Waals surface area (Å²) in [6, 6.07) is 7.47. The zero-order chi connectivity index (χ0) is 12.5. The molecule has 2 rings (SSSR count). The summed E-state index contributed by atoms with van der Waals surface area (Å²) in [6.45, 7) is 2.36. The Balaban J connectivity index is 2.05. The predicted molar refractivity (Wildman–Crippen MR) is 68.7 cm³/mol. The van der Waals surface area contributed by atoms with E-state index in [1.54, 1.807) is 0 Å². The lowest BCUT2D eigenvalue weighted by molar-refractivity contribution is -0.126. The Labute approximate surface area is 106 Å². The molecule has 1 aliphatic rings. The van der Waals surface area contributed by atoms with Crippen LogP contribution in [0.1, 0.15) is 31.4 Å². The van der Waals surface area contributed by atoms with Crippen molar-refractivity contribution in [1.29, 1.82) is 0 Å². The van der Waals surface area contributed by atoms with Crippen LogP contribution in [0.3, 0.4) is 0 Å². The highest BCUT2D eigenvalue weighted by molar-refractivity contribution is 6.31. The SMILES string of the molecule is CC(NC(=O)C1(CN)CC1)c1ccccc1Cl. The third-order valence-corrected chi connectivity index (χ3v) is 3.79. The highest BCUT2D eigenvalue weighted by Crippen LogP contribution is 2.45. The largest absolute Gasteiger partial charge is 0.349 e. The molecular weight excluding hydrogens is 236 g/mol. The van der Waals surface area contributed by atoms with Crippen LogP contribution in [-0.2, 0) is 4.79 Å². The first-order valence-electron chi connectivity index (χ1n) is 5.84. The van der Waals surface area contributed by atoms with Crippen molar-refractivity contribution in [3.8, 4) is 0 Å². The van der Waals surface area contributed by atoms with Crippen molar-refractivity contribution < 1.29 is 4.79 Å². The van der Waals surface area contributed by atoms with Gasteiger partial charge in [-0.15, -0.1) is 0 Å². The van der Waals surface area contributed by atoms with Crippen LogP contribution in [0.2, 0.25) is 5.02 Å². The maximum atomic E-state index is 12.0. The normalized spacial score (nSPS) is 18.5. The molecule has 0 bridgehead atoms. The van der Waals surface area contributed by atoms with Gasteiger partial charge in [-0.25, -0.2) is 0 Å². The summed E-state index contributed by atoms with van der Waals surface area (Å²) in [7, 11) is 0. The molecule has 1 amide bonds. The van der Waals surface area contributed by atoms with Gasteiger partial charge in [0.15, 0.2) is 0 Å². The van der Waals surface area contributed by atoms with E-state index < -0.39 is 0 Å². The zero-order valence-corrected chi connectivity index (χ0v) is 10.6. The van der Waals surface area contributed by atoms with Gasteiger partial charge in [0, 0.05) is 11.6 Å². The Hall–Kier alpha value is -1.06. The Morgan fingerprint density at radius 2 is 2.18 bits per heavy atom. The molecule has 92 valence electrons. The molecule has 3 nitrogen and oxygen atoms in total. The average molecular weight is 253 g/mol. The topological polar surface area (TPSA) is 55.1 Å². The van der Waals surface area contributed by atoms with E-state index in [-0.39, 0.29) is 17.4 Å². The summed E-state index contributed by atoms with van der Waals surface area (Å²) >= 11 is 6.09. The molecule has 0 saturated heterocycles. The van der Waals surface area contributed by atoms with E-state index in [9.17, 15) is 4.79 Å². The van der Waals surface area contributed by atoms with Gasteiger partial charge >= 0.3 is 0 Å². The first kappa shape index (κ1) is 12.4. The summed E-state index contributed by atoms with van der Waals surface area (Å²) < 4.78 is 0. The van der Waals surface area contributed by atoms with Crippen molar-refractivity contribution in [2.24, 2.45) is 11.1 Å². The molecule has 0 aromatic heterocycles. The van der Waals surface area contributed by atoms with Crippen LogP contribution in [0, 0.1) is 5.41 Å². The molecule has 1 fully saturated rings. The van der Waals surface area contributed by atoms with Crippen molar-refractivity contribution in [1.82, 2.24) is 5.32 Å². The summed E-state index contributed by atoms with van der Waals surface area (Å²) in [4.78, 5) is 12.0. The van der Waals surface area contributed by atoms with Crippen molar-refractivity contribution in [2.75, 3.05) is 6.54 Å². The lowest BCUT2D eigenvalue weighted by Crippen LogP contribution is -2.38. The molecule has 0 spiro atoms. The van der Waals surface area contributed by atoms with Crippen molar-refractivity contribution in [3.63, 3.8) is 0 Å². The minimum atomic E-state index is -0.310. The molecule has 0 radical (unpaired) electrons. The van der Waals surface area contributed by atoms with E-state index in [2.05, 4.69) is 5.32 Å². The van der Waals surface area contributed by atoms with Gasteiger partial charge in [-0.2, -0.15) is 0 Å². The van der Waals surface area contributed by atoms with E-state index in [1.807, 2.05) is 31.2 Å². The molecule has 3 N–H and O–H groups in total. The minimum absolute atomic E-state index is 0.0485. The Morgan fingerprint density at radius 1 is 1.53 bits per heavy atom. The molecule has 1 aliphatic carbocycles.